The molecule has 1 aliphatic rings. The Labute approximate surface area is 196 Å². The van der Waals surface area contributed by atoms with Crippen LogP contribution in [0.2, 0.25) is 0 Å². The van der Waals surface area contributed by atoms with Crippen molar-refractivity contribution in [3.05, 3.63) is 74.3 Å². The van der Waals surface area contributed by atoms with E-state index in [0.717, 1.165) is 36.0 Å². The zero-order chi connectivity index (χ0) is 23.6. The number of rotatable bonds is 5. The Bertz CT molecular complexity index is 1230. The summed E-state index contributed by atoms with van der Waals surface area (Å²) in [5.41, 5.74) is 2.93. The Balaban J connectivity index is 1.47. The van der Waals surface area contributed by atoms with E-state index in [-0.39, 0.29) is 17.0 Å². The number of hydrogen-bond donors (Lipinski definition) is 0. The lowest BCUT2D eigenvalue weighted by Gasteiger charge is -2.33. The lowest BCUT2D eigenvalue weighted by molar-refractivity contribution is -0.385. The number of nitrogens with zero attached hydrogens (tertiary/aromatic N) is 4. The van der Waals surface area contributed by atoms with Crippen LogP contribution < -0.4 is 4.74 Å². The van der Waals surface area contributed by atoms with Crippen molar-refractivity contribution in [1.29, 1.82) is 5.26 Å². The molecule has 168 valence electrons. The van der Waals surface area contributed by atoms with Gasteiger partial charge in [0.1, 0.15) is 23.0 Å². The van der Waals surface area contributed by atoms with E-state index in [1.807, 2.05) is 12.1 Å². The Hall–Kier alpha value is -3.57. The molecule has 7 nitrogen and oxygen atoms in total. The van der Waals surface area contributed by atoms with Crippen molar-refractivity contribution < 1.29 is 9.66 Å². The fourth-order valence-corrected chi connectivity index (χ4v) is 5.16. The van der Waals surface area contributed by atoms with E-state index in [1.54, 1.807) is 29.7 Å². The smallest absolute Gasteiger partial charge is 0.287 e. The average Bonchev–Trinajstić information content (AvgIpc) is 3.15. The van der Waals surface area contributed by atoms with Crippen molar-refractivity contribution in [3.8, 4) is 17.7 Å². The summed E-state index contributed by atoms with van der Waals surface area (Å²) in [5.74, 6) is 1.45. The molecule has 0 radical (unpaired) electrons. The van der Waals surface area contributed by atoms with Gasteiger partial charge in [-0.3, -0.25) is 10.1 Å². The van der Waals surface area contributed by atoms with Gasteiger partial charge in [-0.25, -0.2) is 9.98 Å². The summed E-state index contributed by atoms with van der Waals surface area (Å²) in [4.78, 5) is 20.1. The summed E-state index contributed by atoms with van der Waals surface area (Å²) >= 11 is 1.63. The summed E-state index contributed by atoms with van der Waals surface area (Å²) in [6.45, 7) is 6.85. The molecule has 0 spiro atoms. The zero-order valence-corrected chi connectivity index (χ0v) is 19.6. The van der Waals surface area contributed by atoms with E-state index in [0.29, 0.717) is 17.2 Å². The number of thiophene rings is 1. The highest BCUT2D eigenvalue weighted by molar-refractivity contribution is 7.16. The van der Waals surface area contributed by atoms with Crippen molar-refractivity contribution in [2.45, 2.75) is 40.0 Å². The van der Waals surface area contributed by atoms with Crippen LogP contribution in [0.1, 0.15) is 48.8 Å². The van der Waals surface area contributed by atoms with Crippen LogP contribution in [0.4, 0.5) is 10.7 Å². The molecule has 0 aliphatic heterocycles. The van der Waals surface area contributed by atoms with Crippen LogP contribution in [0, 0.1) is 32.8 Å². The van der Waals surface area contributed by atoms with Crippen LogP contribution in [0.25, 0.3) is 0 Å². The minimum Gasteiger partial charge on any atom is -0.439 e. The van der Waals surface area contributed by atoms with Crippen LogP contribution in [0.15, 0.2) is 47.6 Å². The number of aliphatic imine (C=N–C) groups is 1. The number of nitro groups is 1. The lowest BCUT2D eigenvalue weighted by atomic mass is 9.72. The predicted octanol–water partition coefficient (Wildman–Crippen LogP) is 6.62. The summed E-state index contributed by atoms with van der Waals surface area (Å²) in [7, 11) is 0. The van der Waals surface area contributed by atoms with Gasteiger partial charge in [0, 0.05) is 23.2 Å². The number of benzene rings is 1. The summed E-state index contributed by atoms with van der Waals surface area (Å²) in [6, 6.07) is 12.5. The monoisotopic (exact) mass is 460 g/mol. The van der Waals surface area contributed by atoms with Crippen molar-refractivity contribution in [1.82, 2.24) is 4.98 Å². The second kappa shape index (κ2) is 9.12. The molecule has 0 saturated heterocycles. The molecule has 4 rings (SSSR count). The van der Waals surface area contributed by atoms with Crippen molar-refractivity contribution in [3.63, 3.8) is 0 Å². The van der Waals surface area contributed by atoms with Gasteiger partial charge in [0.05, 0.1) is 10.5 Å². The quantitative estimate of drug-likeness (QED) is 0.242. The van der Waals surface area contributed by atoms with Gasteiger partial charge in [-0.2, -0.15) is 5.26 Å². The molecule has 0 fully saturated rings. The number of nitriles is 1. The molecule has 8 heteroatoms. The third-order valence-corrected chi connectivity index (χ3v) is 7.11. The van der Waals surface area contributed by atoms with Gasteiger partial charge in [-0.1, -0.05) is 20.8 Å². The maximum atomic E-state index is 10.7. The fourth-order valence-electron chi connectivity index (χ4n) is 3.93. The van der Waals surface area contributed by atoms with E-state index in [2.05, 4.69) is 36.8 Å². The molecule has 0 amide bonds. The van der Waals surface area contributed by atoms with E-state index in [9.17, 15) is 15.4 Å². The molecule has 0 N–H and O–H groups in total. The number of ether oxygens (including phenoxy) is 1. The highest BCUT2D eigenvalue weighted by Crippen LogP contribution is 2.44. The largest absolute Gasteiger partial charge is 0.439 e. The normalized spacial score (nSPS) is 15.8. The van der Waals surface area contributed by atoms with Gasteiger partial charge in [-0.05, 0) is 66.0 Å². The molecule has 0 saturated carbocycles. The first kappa shape index (κ1) is 22.6. The second-order valence-electron chi connectivity index (χ2n) is 9.14. The number of fused-ring (bicyclic) bond motifs is 1. The highest BCUT2D eigenvalue weighted by atomic mass is 32.1. The Morgan fingerprint density at radius 3 is 2.64 bits per heavy atom. The fraction of sp³-hybridized carbons (Fsp3) is 0.320. The highest BCUT2D eigenvalue weighted by Gasteiger charge is 2.32. The standard InChI is InChI=1S/C25H24N4O3S/c1-25(2,3)17-6-10-20-21(13-26)24(33-22(20)12-17)28-14-16-4-8-19(9-5-16)32-23-11-7-18(15-27-23)29(30)31/h4-5,7-9,11,14-15,17H,6,10,12H2,1-3H3/t17-/m0/s1. The SMILES string of the molecule is CC(C)(C)[C@H]1CCc2c(sc(N=Cc3ccc(Oc4ccc([N+](=O)[O-])cn4)cc3)c2C#N)C1. The first-order chi connectivity index (χ1) is 15.7. The van der Waals surface area contributed by atoms with Gasteiger partial charge in [0.2, 0.25) is 5.88 Å². The first-order valence-electron chi connectivity index (χ1n) is 10.7. The van der Waals surface area contributed by atoms with Crippen LogP contribution >= 0.6 is 11.3 Å². The molecule has 3 aromatic rings. The summed E-state index contributed by atoms with van der Waals surface area (Å²) in [5, 5.41) is 21.2. The number of pyridine rings is 1. The van der Waals surface area contributed by atoms with Crippen LogP contribution in [0.5, 0.6) is 11.6 Å². The molecule has 1 aliphatic carbocycles. The second-order valence-corrected chi connectivity index (χ2v) is 10.2. The van der Waals surface area contributed by atoms with E-state index >= 15 is 0 Å². The Morgan fingerprint density at radius 1 is 1.27 bits per heavy atom. The van der Waals surface area contributed by atoms with Gasteiger partial charge in [-0.15, -0.1) is 11.3 Å². The zero-order valence-electron chi connectivity index (χ0n) is 18.7. The van der Waals surface area contributed by atoms with Gasteiger partial charge < -0.3 is 4.74 Å². The summed E-state index contributed by atoms with van der Waals surface area (Å²) in [6.07, 6.45) is 5.97. The minimum atomic E-state index is -0.504. The molecule has 1 atom stereocenters. The minimum absolute atomic E-state index is 0.0881. The molecule has 0 unspecified atom stereocenters. The molecular weight excluding hydrogens is 436 g/mol. The third-order valence-electron chi connectivity index (χ3n) is 5.95. The van der Waals surface area contributed by atoms with Gasteiger partial charge in [0.25, 0.3) is 5.69 Å². The lowest BCUT2D eigenvalue weighted by Crippen LogP contribution is -2.26. The van der Waals surface area contributed by atoms with Crippen molar-refractivity contribution in [2.75, 3.05) is 0 Å². The van der Waals surface area contributed by atoms with Gasteiger partial charge >= 0.3 is 0 Å². The van der Waals surface area contributed by atoms with Crippen LogP contribution in [-0.4, -0.2) is 16.1 Å². The Kier molecular flexibility index (Phi) is 6.25. The molecule has 33 heavy (non-hydrogen) atoms. The molecule has 1 aromatic carbocycles. The topological polar surface area (TPSA) is 101 Å². The molecule has 2 heterocycles. The molecule has 0 bridgehead atoms. The maximum absolute atomic E-state index is 10.7. The molecule has 2 aromatic heterocycles. The van der Waals surface area contributed by atoms with Crippen molar-refractivity contribution >= 4 is 28.2 Å². The third kappa shape index (κ3) is 5.10. The first-order valence-corrected chi connectivity index (χ1v) is 11.5. The van der Waals surface area contributed by atoms with Crippen LogP contribution in [0.3, 0.4) is 0 Å². The van der Waals surface area contributed by atoms with E-state index < -0.39 is 4.92 Å². The molecular formula is C25H24N4O3S. The maximum Gasteiger partial charge on any atom is 0.287 e. The number of hydrogen-bond acceptors (Lipinski definition) is 7. The average molecular weight is 461 g/mol. The van der Waals surface area contributed by atoms with E-state index in [4.69, 9.17) is 4.74 Å². The van der Waals surface area contributed by atoms with E-state index in [1.165, 1.54) is 22.6 Å². The Morgan fingerprint density at radius 2 is 2.03 bits per heavy atom. The van der Waals surface area contributed by atoms with Crippen LogP contribution in [-0.2, 0) is 12.8 Å². The predicted molar refractivity (Wildman–Crippen MR) is 129 cm³/mol. The van der Waals surface area contributed by atoms with Crippen molar-refractivity contribution in [2.24, 2.45) is 16.3 Å². The number of aromatic nitrogens is 1. The summed E-state index contributed by atoms with van der Waals surface area (Å²) < 4.78 is 5.64. The van der Waals surface area contributed by atoms with Gasteiger partial charge in [0.15, 0.2) is 0 Å².